The van der Waals surface area contributed by atoms with Crippen molar-refractivity contribution in [2.24, 2.45) is 0 Å². The number of hydrogen-bond acceptors (Lipinski definition) is 6. The second kappa shape index (κ2) is 19.3. The molecule has 6 nitrogen and oxygen atoms in total. The lowest BCUT2D eigenvalue weighted by molar-refractivity contribution is -0.130. The molecule has 0 bridgehead atoms. The van der Waals surface area contributed by atoms with Crippen LogP contribution in [0.5, 0.6) is 11.5 Å². The summed E-state index contributed by atoms with van der Waals surface area (Å²) in [6.07, 6.45) is 17.5. The number of ether oxygens (including phenoxy) is 3. The smallest absolute Gasteiger partial charge is 0.338 e. The number of rotatable bonds is 20. The van der Waals surface area contributed by atoms with Gasteiger partial charge in [-0.25, -0.2) is 14.4 Å². The summed E-state index contributed by atoms with van der Waals surface area (Å²) < 4.78 is 15.8. The Hall–Kier alpha value is -2.89. The Morgan fingerprint density at radius 2 is 1.00 bits per heavy atom. The molecule has 0 amide bonds. The Balaban J connectivity index is 2.35. The van der Waals surface area contributed by atoms with Crippen molar-refractivity contribution in [1.82, 2.24) is 0 Å². The molecule has 0 saturated carbocycles. The van der Waals surface area contributed by atoms with Crippen molar-refractivity contribution >= 4 is 17.9 Å². The molecular weight excluding hydrogens is 468 g/mol. The summed E-state index contributed by atoms with van der Waals surface area (Å²) >= 11 is 0. The first kappa shape index (κ1) is 32.1. The molecule has 1 aromatic carbocycles. The number of hydrogen-bond donors (Lipinski definition) is 0. The van der Waals surface area contributed by atoms with E-state index < -0.39 is 17.9 Å². The van der Waals surface area contributed by atoms with Gasteiger partial charge in [-0.05, 0) is 32.4 Å². The maximum atomic E-state index is 12.6. The van der Waals surface area contributed by atoms with Crippen LogP contribution in [0.1, 0.15) is 121 Å². The van der Waals surface area contributed by atoms with Crippen molar-refractivity contribution in [2.75, 3.05) is 6.61 Å². The lowest BCUT2D eigenvalue weighted by Gasteiger charge is -2.11. The molecule has 0 aliphatic heterocycles. The molecule has 0 atom stereocenters. The monoisotopic (exact) mass is 514 g/mol. The number of esters is 3. The summed E-state index contributed by atoms with van der Waals surface area (Å²) in [6.45, 7) is 12.7. The first-order chi connectivity index (χ1) is 17.7. The van der Waals surface area contributed by atoms with Crippen LogP contribution in [0.4, 0.5) is 0 Å². The second-order valence-corrected chi connectivity index (χ2v) is 9.76. The quantitative estimate of drug-likeness (QED) is 0.0754. The van der Waals surface area contributed by atoms with E-state index in [1.54, 1.807) is 0 Å². The topological polar surface area (TPSA) is 78.9 Å². The van der Waals surface area contributed by atoms with Crippen molar-refractivity contribution in [3.8, 4) is 11.5 Å². The molecule has 6 heteroatoms. The third-order valence-electron chi connectivity index (χ3n) is 5.96. The molecule has 0 spiro atoms. The number of carbonyl (C=O) groups is 3. The normalized spacial score (nSPS) is 10.6. The van der Waals surface area contributed by atoms with Gasteiger partial charge in [0, 0.05) is 17.2 Å². The first-order valence-electron chi connectivity index (χ1n) is 13.8. The van der Waals surface area contributed by atoms with Gasteiger partial charge in [-0.2, -0.15) is 0 Å². The molecular formula is C31H46O6. The van der Waals surface area contributed by atoms with Crippen LogP contribution in [0.2, 0.25) is 0 Å². The maximum absolute atomic E-state index is 12.6. The van der Waals surface area contributed by atoms with Gasteiger partial charge in [0.15, 0.2) is 0 Å². The molecule has 0 N–H and O–H groups in total. The van der Waals surface area contributed by atoms with Crippen LogP contribution >= 0.6 is 0 Å². The highest BCUT2D eigenvalue weighted by molar-refractivity contribution is 5.93. The van der Waals surface area contributed by atoms with Gasteiger partial charge in [-0.1, -0.05) is 104 Å². The van der Waals surface area contributed by atoms with Crippen LogP contribution in [0.25, 0.3) is 0 Å². The van der Waals surface area contributed by atoms with E-state index in [1.807, 2.05) is 0 Å². The van der Waals surface area contributed by atoms with Crippen molar-refractivity contribution < 1.29 is 28.6 Å². The molecule has 0 saturated heterocycles. The minimum atomic E-state index is -0.648. The minimum absolute atomic E-state index is 0.0588. The summed E-state index contributed by atoms with van der Waals surface area (Å²) in [5, 5.41) is 0. The fourth-order valence-electron chi connectivity index (χ4n) is 3.74. The van der Waals surface area contributed by atoms with E-state index in [4.69, 9.17) is 14.2 Å². The first-order valence-corrected chi connectivity index (χ1v) is 13.8. The van der Waals surface area contributed by atoms with Crippen LogP contribution in [0.15, 0.2) is 42.5 Å². The van der Waals surface area contributed by atoms with E-state index in [9.17, 15) is 14.4 Å². The standard InChI is InChI=1S/C31H46O6/c1-6-7-8-9-10-11-12-13-14-15-16-17-18-19-20-35-31(34)26-21-27(36-29(32)24(2)3)23-28(22-26)37-30(33)25(4)5/h21-23H,2,4,6-20H2,1,3,5H3. The Kier molecular flexibility index (Phi) is 16.7. The Morgan fingerprint density at radius 3 is 1.38 bits per heavy atom. The highest BCUT2D eigenvalue weighted by Gasteiger charge is 2.16. The average Bonchev–Trinajstić information content (AvgIpc) is 2.85. The third-order valence-corrected chi connectivity index (χ3v) is 5.96. The van der Waals surface area contributed by atoms with Crippen molar-refractivity contribution in [3.63, 3.8) is 0 Å². The zero-order valence-electron chi connectivity index (χ0n) is 23.2. The third kappa shape index (κ3) is 15.1. The van der Waals surface area contributed by atoms with E-state index in [-0.39, 0.29) is 28.2 Å². The van der Waals surface area contributed by atoms with E-state index in [0.29, 0.717) is 6.61 Å². The van der Waals surface area contributed by atoms with Crippen LogP contribution in [0.3, 0.4) is 0 Å². The van der Waals surface area contributed by atoms with Crippen LogP contribution in [-0.4, -0.2) is 24.5 Å². The molecule has 1 aromatic rings. The van der Waals surface area contributed by atoms with Crippen LogP contribution in [0, 0.1) is 0 Å². The number of carbonyl (C=O) groups excluding carboxylic acids is 3. The van der Waals surface area contributed by atoms with Gasteiger partial charge >= 0.3 is 17.9 Å². The molecule has 0 aromatic heterocycles. The minimum Gasteiger partial charge on any atom is -0.462 e. The van der Waals surface area contributed by atoms with Crippen molar-refractivity contribution in [3.05, 3.63) is 48.1 Å². The zero-order valence-corrected chi connectivity index (χ0v) is 23.2. The number of benzene rings is 1. The maximum Gasteiger partial charge on any atom is 0.338 e. The summed E-state index contributed by atoms with van der Waals surface area (Å²) in [6, 6.07) is 4.12. The fraction of sp³-hybridized carbons (Fsp3) is 0.581. The average molecular weight is 515 g/mol. The van der Waals surface area contributed by atoms with Crippen molar-refractivity contribution in [2.45, 2.75) is 111 Å². The summed E-state index contributed by atoms with van der Waals surface area (Å²) in [5.74, 6) is -1.75. The summed E-state index contributed by atoms with van der Waals surface area (Å²) in [4.78, 5) is 36.4. The summed E-state index contributed by atoms with van der Waals surface area (Å²) in [7, 11) is 0. The van der Waals surface area contributed by atoms with Gasteiger partial charge in [0.2, 0.25) is 0 Å². The SMILES string of the molecule is C=C(C)C(=O)Oc1cc(OC(=O)C(=C)C)cc(C(=O)OCCCCCCCCCCCCCCCC)c1. The Morgan fingerprint density at radius 1 is 0.622 bits per heavy atom. The van der Waals surface area contributed by atoms with E-state index in [2.05, 4.69) is 20.1 Å². The van der Waals surface area contributed by atoms with Gasteiger partial charge in [0.05, 0.1) is 12.2 Å². The molecule has 0 aliphatic carbocycles. The van der Waals surface area contributed by atoms with Gasteiger partial charge < -0.3 is 14.2 Å². The molecule has 0 unspecified atom stereocenters. The second-order valence-electron chi connectivity index (χ2n) is 9.76. The van der Waals surface area contributed by atoms with Gasteiger partial charge in [0.1, 0.15) is 11.5 Å². The number of unbranched alkanes of at least 4 members (excludes halogenated alkanes) is 13. The van der Waals surface area contributed by atoms with E-state index in [1.165, 1.54) is 103 Å². The van der Waals surface area contributed by atoms with Crippen LogP contribution in [-0.2, 0) is 14.3 Å². The van der Waals surface area contributed by atoms with E-state index >= 15 is 0 Å². The van der Waals surface area contributed by atoms with Crippen LogP contribution < -0.4 is 9.47 Å². The zero-order chi connectivity index (χ0) is 27.5. The molecule has 0 radical (unpaired) electrons. The molecule has 0 aliphatic rings. The predicted molar refractivity (Wildman–Crippen MR) is 148 cm³/mol. The van der Waals surface area contributed by atoms with Gasteiger partial charge in [-0.15, -0.1) is 0 Å². The molecule has 1 rings (SSSR count). The molecule has 37 heavy (non-hydrogen) atoms. The lowest BCUT2D eigenvalue weighted by Crippen LogP contribution is -2.12. The van der Waals surface area contributed by atoms with Crippen molar-refractivity contribution in [1.29, 1.82) is 0 Å². The predicted octanol–water partition coefficient (Wildman–Crippen LogP) is 8.29. The summed E-state index contributed by atoms with van der Waals surface area (Å²) in [5.41, 5.74) is 0.527. The largest absolute Gasteiger partial charge is 0.462 e. The van der Waals surface area contributed by atoms with E-state index in [0.717, 1.165) is 19.3 Å². The molecule has 0 heterocycles. The fourth-order valence-corrected chi connectivity index (χ4v) is 3.74. The Bertz CT molecular complexity index is 839. The Labute approximate surface area is 223 Å². The van der Waals surface area contributed by atoms with Gasteiger partial charge in [0.25, 0.3) is 0 Å². The molecule has 206 valence electrons. The highest BCUT2D eigenvalue weighted by atomic mass is 16.5. The molecule has 0 fully saturated rings. The van der Waals surface area contributed by atoms with Gasteiger partial charge in [-0.3, -0.25) is 0 Å². The highest BCUT2D eigenvalue weighted by Crippen LogP contribution is 2.25. The lowest BCUT2D eigenvalue weighted by atomic mass is 10.0.